The summed E-state index contributed by atoms with van der Waals surface area (Å²) in [4.78, 5) is 21.4. The summed E-state index contributed by atoms with van der Waals surface area (Å²) < 4.78 is 1.32. The molecule has 0 bridgehead atoms. The summed E-state index contributed by atoms with van der Waals surface area (Å²) in [5.74, 6) is -0.860. The fraction of sp³-hybridized carbons (Fsp3) is 0.444. The van der Waals surface area contributed by atoms with Crippen molar-refractivity contribution in [1.29, 1.82) is 0 Å². The maximum atomic E-state index is 11.1. The van der Waals surface area contributed by atoms with Crippen molar-refractivity contribution in [2.45, 2.75) is 26.3 Å². The third kappa shape index (κ3) is 2.69. The van der Waals surface area contributed by atoms with Crippen LogP contribution in [0.1, 0.15) is 19.0 Å². The molecule has 0 atom stereocenters. The summed E-state index contributed by atoms with van der Waals surface area (Å²) in [5, 5.41) is 12.5. The Bertz CT molecular complexity index is 384. The van der Waals surface area contributed by atoms with Crippen LogP contribution in [-0.2, 0) is 17.8 Å². The van der Waals surface area contributed by atoms with Gasteiger partial charge in [0.1, 0.15) is 0 Å². The summed E-state index contributed by atoms with van der Waals surface area (Å²) in [6.45, 7) is 2.31. The van der Waals surface area contributed by atoms with Gasteiger partial charge in [0.25, 0.3) is 5.56 Å². The number of aliphatic carboxylic acids is 1. The maximum absolute atomic E-state index is 11.1. The van der Waals surface area contributed by atoms with Gasteiger partial charge in [-0.2, -0.15) is 5.10 Å². The van der Waals surface area contributed by atoms with Gasteiger partial charge in [-0.1, -0.05) is 0 Å². The number of hydrogen-bond acceptors (Lipinski definition) is 3. The van der Waals surface area contributed by atoms with Crippen LogP contribution in [0.3, 0.4) is 0 Å². The second-order valence-corrected chi connectivity index (χ2v) is 2.87. The van der Waals surface area contributed by atoms with E-state index in [0.717, 1.165) is 0 Å². The maximum Gasteiger partial charge on any atom is 0.303 e. The van der Waals surface area contributed by atoms with Crippen LogP contribution in [-0.4, -0.2) is 20.9 Å². The van der Waals surface area contributed by atoms with Crippen LogP contribution >= 0.6 is 0 Å². The lowest BCUT2D eigenvalue weighted by molar-refractivity contribution is -0.136. The Morgan fingerprint density at radius 2 is 2.29 bits per heavy atom. The fourth-order valence-electron chi connectivity index (χ4n) is 1.09. The molecule has 0 radical (unpaired) electrons. The molecule has 1 aromatic heterocycles. The van der Waals surface area contributed by atoms with Gasteiger partial charge in [0.15, 0.2) is 0 Å². The Labute approximate surface area is 81.0 Å². The SMILES string of the molecule is CCn1nc(CCC(=O)O)ccc1=O. The van der Waals surface area contributed by atoms with Crippen molar-refractivity contribution in [3.8, 4) is 0 Å². The van der Waals surface area contributed by atoms with Gasteiger partial charge in [-0.25, -0.2) is 4.68 Å². The van der Waals surface area contributed by atoms with Gasteiger partial charge in [0, 0.05) is 19.0 Å². The Morgan fingerprint density at radius 3 is 2.86 bits per heavy atom. The van der Waals surface area contributed by atoms with E-state index in [1.54, 1.807) is 6.07 Å². The number of carboxylic acids is 1. The van der Waals surface area contributed by atoms with Gasteiger partial charge in [0.05, 0.1) is 12.1 Å². The molecular formula is C9H12N2O3. The van der Waals surface area contributed by atoms with Crippen molar-refractivity contribution >= 4 is 5.97 Å². The van der Waals surface area contributed by atoms with Crippen molar-refractivity contribution in [2.24, 2.45) is 0 Å². The summed E-state index contributed by atoms with van der Waals surface area (Å²) in [7, 11) is 0. The lowest BCUT2D eigenvalue weighted by atomic mass is 10.2. The Morgan fingerprint density at radius 1 is 1.57 bits per heavy atom. The monoisotopic (exact) mass is 196 g/mol. The molecule has 1 aromatic rings. The highest BCUT2D eigenvalue weighted by Crippen LogP contribution is 1.96. The number of rotatable bonds is 4. The number of carboxylic acid groups (broad SMARTS) is 1. The van der Waals surface area contributed by atoms with Crippen molar-refractivity contribution in [3.63, 3.8) is 0 Å². The van der Waals surface area contributed by atoms with Crippen molar-refractivity contribution < 1.29 is 9.90 Å². The van der Waals surface area contributed by atoms with E-state index in [1.165, 1.54) is 10.7 Å². The summed E-state index contributed by atoms with van der Waals surface area (Å²) in [6.07, 6.45) is 0.393. The van der Waals surface area contributed by atoms with Gasteiger partial charge in [-0.3, -0.25) is 9.59 Å². The molecule has 1 N–H and O–H groups in total. The van der Waals surface area contributed by atoms with E-state index in [1.807, 2.05) is 6.92 Å². The molecule has 0 aliphatic heterocycles. The molecule has 76 valence electrons. The molecule has 0 fully saturated rings. The van der Waals surface area contributed by atoms with Crippen molar-refractivity contribution in [1.82, 2.24) is 9.78 Å². The standard InChI is InChI=1S/C9H12N2O3/c1-2-11-8(12)5-3-7(10-11)4-6-9(13)14/h3,5H,2,4,6H2,1H3,(H,13,14). The zero-order chi connectivity index (χ0) is 10.6. The van der Waals surface area contributed by atoms with Crippen molar-refractivity contribution in [3.05, 3.63) is 28.2 Å². The van der Waals surface area contributed by atoms with Crippen molar-refractivity contribution in [2.75, 3.05) is 0 Å². The first-order chi connectivity index (χ1) is 6.63. The van der Waals surface area contributed by atoms with Crippen LogP contribution in [0.4, 0.5) is 0 Å². The second kappa shape index (κ2) is 4.55. The predicted octanol–water partition coefficient (Wildman–Crippen LogP) is 0.280. The highest BCUT2D eigenvalue weighted by Gasteiger charge is 2.02. The van der Waals surface area contributed by atoms with E-state index in [0.29, 0.717) is 18.7 Å². The first-order valence-corrected chi connectivity index (χ1v) is 4.42. The molecule has 1 heterocycles. The molecule has 0 saturated heterocycles. The molecule has 0 saturated carbocycles. The normalized spacial score (nSPS) is 10.1. The minimum atomic E-state index is -0.860. The Balaban J connectivity index is 2.79. The van der Waals surface area contributed by atoms with E-state index in [-0.39, 0.29) is 12.0 Å². The Hall–Kier alpha value is -1.65. The van der Waals surface area contributed by atoms with E-state index < -0.39 is 5.97 Å². The lowest BCUT2D eigenvalue weighted by Crippen LogP contribution is -2.22. The second-order valence-electron chi connectivity index (χ2n) is 2.87. The zero-order valence-corrected chi connectivity index (χ0v) is 7.93. The van der Waals surface area contributed by atoms with E-state index >= 15 is 0 Å². The van der Waals surface area contributed by atoms with Crippen LogP contribution in [0, 0.1) is 0 Å². The molecular weight excluding hydrogens is 184 g/mol. The van der Waals surface area contributed by atoms with Gasteiger partial charge < -0.3 is 5.11 Å². The molecule has 0 unspecified atom stereocenters. The number of aryl methyl sites for hydroxylation is 2. The third-order valence-corrected chi connectivity index (χ3v) is 1.82. The Kier molecular flexibility index (Phi) is 3.39. The van der Waals surface area contributed by atoms with E-state index in [2.05, 4.69) is 5.10 Å². The topological polar surface area (TPSA) is 72.2 Å². The minimum absolute atomic E-state index is 0.0366. The first kappa shape index (κ1) is 10.4. The molecule has 14 heavy (non-hydrogen) atoms. The summed E-state index contributed by atoms with van der Waals surface area (Å²) in [6, 6.07) is 2.98. The fourth-order valence-corrected chi connectivity index (χ4v) is 1.09. The molecule has 0 amide bonds. The minimum Gasteiger partial charge on any atom is -0.481 e. The number of nitrogens with zero attached hydrogens (tertiary/aromatic N) is 2. The highest BCUT2D eigenvalue weighted by atomic mass is 16.4. The summed E-state index contributed by atoms with van der Waals surface area (Å²) in [5.41, 5.74) is 0.473. The average molecular weight is 196 g/mol. The van der Waals surface area contributed by atoms with Crippen LogP contribution in [0.15, 0.2) is 16.9 Å². The highest BCUT2D eigenvalue weighted by molar-refractivity contribution is 5.66. The van der Waals surface area contributed by atoms with Crippen LogP contribution in [0.25, 0.3) is 0 Å². The van der Waals surface area contributed by atoms with Gasteiger partial charge >= 0.3 is 5.97 Å². The van der Waals surface area contributed by atoms with Gasteiger partial charge in [0.2, 0.25) is 0 Å². The first-order valence-electron chi connectivity index (χ1n) is 4.42. The van der Waals surface area contributed by atoms with Gasteiger partial charge in [-0.05, 0) is 13.0 Å². The molecule has 0 aliphatic rings. The largest absolute Gasteiger partial charge is 0.481 e. The molecule has 5 heteroatoms. The average Bonchev–Trinajstić information content (AvgIpc) is 2.16. The molecule has 0 aliphatic carbocycles. The molecule has 0 spiro atoms. The number of hydrogen-bond donors (Lipinski definition) is 1. The summed E-state index contributed by atoms with van der Waals surface area (Å²) >= 11 is 0. The van der Waals surface area contributed by atoms with Gasteiger partial charge in [-0.15, -0.1) is 0 Å². The molecule has 1 rings (SSSR count). The predicted molar refractivity (Wildman–Crippen MR) is 50.1 cm³/mol. The van der Waals surface area contributed by atoms with E-state index in [4.69, 9.17) is 5.11 Å². The quantitative estimate of drug-likeness (QED) is 0.750. The van der Waals surface area contributed by atoms with E-state index in [9.17, 15) is 9.59 Å². The van der Waals surface area contributed by atoms with Crippen LogP contribution < -0.4 is 5.56 Å². The molecule has 0 aromatic carbocycles. The van der Waals surface area contributed by atoms with Crippen LogP contribution in [0.5, 0.6) is 0 Å². The van der Waals surface area contributed by atoms with Crippen LogP contribution in [0.2, 0.25) is 0 Å². The molecule has 5 nitrogen and oxygen atoms in total. The lowest BCUT2D eigenvalue weighted by Gasteiger charge is -2.02. The number of carbonyl (C=O) groups is 1. The smallest absolute Gasteiger partial charge is 0.303 e. The zero-order valence-electron chi connectivity index (χ0n) is 7.93. The third-order valence-electron chi connectivity index (χ3n) is 1.82. The number of aromatic nitrogens is 2.